The van der Waals surface area contributed by atoms with Crippen molar-refractivity contribution in [1.82, 2.24) is 0 Å². The van der Waals surface area contributed by atoms with E-state index in [4.69, 9.17) is 15.6 Å². The Hall–Kier alpha value is -0.260. The van der Waals surface area contributed by atoms with Crippen LogP contribution in [-0.4, -0.2) is 40.3 Å². The number of carboxylic acids is 1. The molecule has 0 spiro atoms. The number of thioether (sulfide) groups is 1. The summed E-state index contributed by atoms with van der Waals surface area (Å²) in [5.74, 6) is -0.935. The van der Waals surface area contributed by atoms with Gasteiger partial charge in [-0.15, -0.1) is 0 Å². The standard InChI is InChI=1S/C9H17NO3S/c1-6(14-7-4-13-5-7)3-9(2,10)8(11)12/h6-7H,3-5,10H2,1-2H3,(H,11,12). The predicted octanol–water partition coefficient (Wildman–Crippen LogP) is 0.699. The molecule has 0 bridgehead atoms. The first kappa shape index (κ1) is 11.8. The van der Waals surface area contributed by atoms with E-state index in [1.807, 2.05) is 6.92 Å². The van der Waals surface area contributed by atoms with Crippen molar-refractivity contribution in [2.24, 2.45) is 5.73 Å². The first-order valence-electron chi connectivity index (χ1n) is 4.67. The van der Waals surface area contributed by atoms with Gasteiger partial charge < -0.3 is 15.6 Å². The van der Waals surface area contributed by atoms with Crippen molar-refractivity contribution < 1.29 is 14.6 Å². The smallest absolute Gasteiger partial charge is 0.323 e. The second-order valence-corrected chi connectivity index (χ2v) is 5.78. The number of ether oxygens (including phenoxy) is 1. The highest BCUT2D eigenvalue weighted by Crippen LogP contribution is 2.28. The Morgan fingerprint density at radius 1 is 1.79 bits per heavy atom. The largest absolute Gasteiger partial charge is 0.480 e. The van der Waals surface area contributed by atoms with Crippen molar-refractivity contribution in [2.45, 2.75) is 36.3 Å². The molecule has 2 unspecified atom stereocenters. The average molecular weight is 219 g/mol. The molecular weight excluding hydrogens is 202 g/mol. The van der Waals surface area contributed by atoms with Crippen molar-refractivity contribution >= 4 is 17.7 Å². The Morgan fingerprint density at radius 2 is 2.36 bits per heavy atom. The minimum Gasteiger partial charge on any atom is -0.480 e. The summed E-state index contributed by atoms with van der Waals surface area (Å²) in [6, 6.07) is 0. The van der Waals surface area contributed by atoms with Gasteiger partial charge in [0.1, 0.15) is 5.54 Å². The molecule has 82 valence electrons. The molecule has 1 rings (SSSR count). The normalized spacial score (nSPS) is 23.6. The average Bonchev–Trinajstić information content (AvgIpc) is 1.96. The predicted molar refractivity (Wildman–Crippen MR) is 56.5 cm³/mol. The molecule has 0 aromatic heterocycles. The van der Waals surface area contributed by atoms with Gasteiger partial charge >= 0.3 is 5.97 Å². The molecule has 1 aliphatic heterocycles. The van der Waals surface area contributed by atoms with Crippen LogP contribution < -0.4 is 5.73 Å². The van der Waals surface area contributed by atoms with Crippen LogP contribution in [0.5, 0.6) is 0 Å². The van der Waals surface area contributed by atoms with Gasteiger partial charge in [-0.25, -0.2) is 0 Å². The molecule has 4 nitrogen and oxygen atoms in total. The Morgan fingerprint density at radius 3 is 2.71 bits per heavy atom. The third kappa shape index (κ3) is 3.15. The van der Waals surface area contributed by atoms with Crippen molar-refractivity contribution in [2.75, 3.05) is 13.2 Å². The lowest BCUT2D eigenvalue weighted by molar-refractivity contribution is -0.142. The molecule has 1 fully saturated rings. The number of aliphatic carboxylic acids is 1. The number of nitrogens with two attached hydrogens (primary N) is 1. The highest BCUT2D eigenvalue weighted by molar-refractivity contribution is 8.00. The van der Waals surface area contributed by atoms with Crippen LogP contribution in [0.4, 0.5) is 0 Å². The molecule has 0 amide bonds. The van der Waals surface area contributed by atoms with E-state index in [1.165, 1.54) is 0 Å². The van der Waals surface area contributed by atoms with E-state index in [0.717, 1.165) is 13.2 Å². The fourth-order valence-electron chi connectivity index (χ4n) is 1.35. The molecule has 1 saturated heterocycles. The molecule has 0 aromatic carbocycles. The number of carboxylic acid groups (broad SMARTS) is 1. The molecule has 14 heavy (non-hydrogen) atoms. The summed E-state index contributed by atoms with van der Waals surface area (Å²) in [5, 5.41) is 9.62. The fourth-order valence-corrected chi connectivity index (χ4v) is 2.80. The minimum absolute atomic E-state index is 0.259. The van der Waals surface area contributed by atoms with Crippen molar-refractivity contribution in [3.8, 4) is 0 Å². The molecule has 5 heteroatoms. The summed E-state index contributed by atoms with van der Waals surface area (Å²) in [6.07, 6.45) is 0.490. The van der Waals surface area contributed by atoms with Gasteiger partial charge in [-0.1, -0.05) is 6.92 Å². The first-order valence-corrected chi connectivity index (χ1v) is 5.61. The lowest BCUT2D eigenvalue weighted by atomic mass is 9.98. The van der Waals surface area contributed by atoms with E-state index in [9.17, 15) is 4.79 Å². The first-order chi connectivity index (χ1) is 6.42. The SMILES string of the molecule is CC(CC(C)(N)C(=O)O)SC1COC1. The summed E-state index contributed by atoms with van der Waals surface area (Å²) in [4.78, 5) is 10.8. The van der Waals surface area contributed by atoms with Crippen LogP contribution in [0.1, 0.15) is 20.3 Å². The maximum absolute atomic E-state index is 10.8. The summed E-state index contributed by atoms with van der Waals surface area (Å²) in [6.45, 7) is 5.13. The lowest BCUT2D eigenvalue weighted by Crippen LogP contribution is -2.47. The topological polar surface area (TPSA) is 72.6 Å². The number of hydrogen-bond acceptors (Lipinski definition) is 4. The van der Waals surface area contributed by atoms with E-state index < -0.39 is 11.5 Å². The highest BCUT2D eigenvalue weighted by atomic mass is 32.2. The fraction of sp³-hybridized carbons (Fsp3) is 0.889. The highest BCUT2D eigenvalue weighted by Gasteiger charge is 2.32. The Bertz CT molecular complexity index is 216. The van der Waals surface area contributed by atoms with Crippen molar-refractivity contribution in [3.05, 3.63) is 0 Å². The van der Waals surface area contributed by atoms with Crippen LogP contribution in [0.25, 0.3) is 0 Å². The van der Waals surface area contributed by atoms with E-state index in [2.05, 4.69) is 0 Å². The molecular formula is C9H17NO3S. The monoisotopic (exact) mass is 219 g/mol. The molecule has 0 saturated carbocycles. The van der Waals surface area contributed by atoms with Crippen LogP contribution in [0.15, 0.2) is 0 Å². The molecule has 1 heterocycles. The molecule has 1 aliphatic rings. The zero-order valence-corrected chi connectivity index (χ0v) is 9.34. The third-order valence-electron chi connectivity index (χ3n) is 2.23. The molecule has 0 radical (unpaired) electrons. The van der Waals surface area contributed by atoms with Crippen molar-refractivity contribution in [3.63, 3.8) is 0 Å². The molecule has 2 atom stereocenters. The second kappa shape index (κ2) is 4.51. The summed E-state index contributed by atoms with van der Waals surface area (Å²) in [7, 11) is 0. The Kier molecular flexibility index (Phi) is 3.80. The zero-order valence-electron chi connectivity index (χ0n) is 8.53. The van der Waals surface area contributed by atoms with Crippen LogP contribution in [0.2, 0.25) is 0 Å². The van der Waals surface area contributed by atoms with Gasteiger partial charge in [-0.3, -0.25) is 4.79 Å². The van der Waals surface area contributed by atoms with Gasteiger partial charge in [0.25, 0.3) is 0 Å². The van der Waals surface area contributed by atoms with Crippen LogP contribution >= 0.6 is 11.8 Å². The van der Waals surface area contributed by atoms with Gasteiger partial charge in [-0.05, 0) is 13.3 Å². The van der Waals surface area contributed by atoms with E-state index in [-0.39, 0.29) is 5.25 Å². The third-order valence-corrected chi connectivity index (χ3v) is 3.52. The number of hydrogen-bond donors (Lipinski definition) is 2. The van der Waals surface area contributed by atoms with E-state index >= 15 is 0 Å². The van der Waals surface area contributed by atoms with Crippen molar-refractivity contribution in [1.29, 1.82) is 0 Å². The summed E-state index contributed by atoms with van der Waals surface area (Å²) < 4.78 is 5.04. The van der Waals surface area contributed by atoms with Gasteiger partial charge in [0.05, 0.1) is 18.5 Å². The number of rotatable bonds is 5. The van der Waals surface area contributed by atoms with Crippen LogP contribution in [0.3, 0.4) is 0 Å². The number of carbonyl (C=O) groups is 1. The minimum atomic E-state index is -1.11. The van der Waals surface area contributed by atoms with Crippen LogP contribution in [0, 0.1) is 0 Å². The van der Waals surface area contributed by atoms with Gasteiger partial charge in [0, 0.05) is 5.25 Å². The van der Waals surface area contributed by atoms with Gasteiger partial charge in [0.2, 0.25) is 0 Å². The molecule has 0 aromatic rings. The van der Waals surface area contributed by atoms with Gasteiger partial charge in [-0.2, -0.15) is 11.8 Å². The molecule has 0 aliphatic carbocycles. The van der Waals surface area contributed by atoms with E-state index in [1.54, 1.807) is 18.7 Å². The van der Waals surface area contributed by atoms with Crippen LogP contribution in [-0.2, 0) is 9.53 Å². The Balaban J connectivity index is 2.30. The summed E-state index contributed by atoms with van der Waals surface area (Å²) >= 11 is 1.76. The quantitative estimate of drug-likeness (QED) is 0.712. The zero-order chi connectivity index (χ0) is 10.8. The lowest BCUT2D eigenvalue weighted by Gasteiger charge is -2.30. The van der Waals surface area contributed by atoms with E-state index in [0.29, 0.717) is 11.7 Å². The maximum atomic E-state index is 10.8. The molecule has 3 N–H and O–H groups in total. The Labute approximate surface area is 88.2 Å². The maximum Gasteiger partial charge on any atom is 0.323 e. The van der Waals surface area contributed by atoms with Gasteiger partial charge in [0.15, 0.2) is 0 Å². The second-order valence-electron chi connectivity index (χ2n) is 4.03. The summed E-state index contributed by atoms with van der Waals surface area (Å²) in [5.41, 5.74) is 4.54.